The number of hydrogen-bond acceptors (Lipinski definition) is 6. The fourth-order valence-electron chi connectivity index (χ4n) is 3.86. The van der Waals surface area contributed by atoms with Gasteiger partial charge in [-0.3, -0.25) is 4.90 Å². The zero-order valence-electron chi connectivity index (χ0n) is 15.9. The van der Waals surface area contributed by atoms with Crippen molar-refractivity contribution in [2.24, 2.45) is 5.92 Å². The van der Waals surface area contributed by atoms with Gasteiger partial charge in [0.05, 0.1) is 11.5 Å². The molecule has 3 N–H and O–H groups in total. The predicted octanol–water partition coefficient (Wildman–Crippen LogP) is 0.469. The van der Waals surface area contributed by atoms with E-state index in [1.165, 1.54) is 38.9 Å². The van der Waals surface area contributed by atoms with E-state index < -0.39 is 10.0 Å². The average molecular weight is 397 g/mol. The predicted molar refractivity (Wildman–Crippen MR) is 108 cm³/mol. The standard InChI is InChI=1S/C19H32N4O3S/c24-16-10-21-27(25,26)19-3-1-18(2-4-19)23-14-12-22(13-15-23)11-7-17-5-8-20-9-6-17/h1-4,17,20-21,24H,5-16H2. The molecular weight excluding hydrogens is 364 g/mol. The largest absolute Gasteiger partial charge is 0.395 e. The van der Waals surface area contributed by atoms with Gasteiger partial charge in [-0.25, -0.2) is 13.1 Å². The molecule has 2 aliphatic heterocycles. The van der Waals surface area contributed by atoms with Crippen LogP contribution in [-0.4, -0.2) is 77.4 Å². The smallest absolute Gasteiger partial charge is 0.240 e. The maximum Gasteiger partial charge on any atom is 0.240 e. The SMILES string of the molecule is O=S(=O)(NCCO)c1ccc(N2CCN(CCC3CCNCC3)CC2)cc1. The summed E-state index contributed by atoms with van der Waals surface area (Å²) in [5.74, 6) is 0.873. The van der Waals surface area contributed by atoms with E-state index in [0.717, 1.165) is 37.8 Å². The zero-order valence-corrected chi connectivity index (χ0v) is 16.8. The Morgan fingerprint density at radius 3 is 2.37 bits per heavy atom. The summed E-state index contributed by atoms with van der Waals surface area (Å²) in [4.78, 5) is 5.11. The number of nitrogens with zero attached hydrogens (tertiary/aromatic N) is 2. The van der Waals surface area contributed by atoms with Crippen molar-refractivity contribution in [3.8, 4) is 0 Å². The van der Waals surface area contributed by atoms with Gasteiger partial charge in [0.2, 0.25) is 10.0 Å². The summed E-state index contributed by atoms with van der Waals surface area (Å²) in [6.45, 7) is 7.41. The molecule has 2 saturated heterocycles. The Hall–Kier alpha value is -1.19. The lowest BCUT2D eigenvalue weighted by Gasteiger charge is -2.37. The molecule has 0 saturated carbocycles. The van der Waals surface area contributed by atoms with E-state index in [9.17, 15) is 8.42 Å². The number of hydrogen-bond donors (Lipinski definition) is 3. The van der Waals surface area contributed by atoms with Crippen molar-refractivity contribution in [3.05, 3.63) is 24.3 Å². The van der Waals surface area contributed by atoms with Crippen molar-refractivity contribution < 1.29 is 13.5 Å². The molecule has 1 aromatic carbocycles. The Balaban J connectivity index is 1.46. The van der Waals surface area contributed by atoms with Gasteiger partial charge in [-0.15, -0.1) is 0 Å². The first-order valence-corrected chi connectivity index (χ1v) is 11.5. The minimum Gasteiger partial charge on any atom is -0.395 e. The summed E-state index contributed by atoms with van der Waals surface area (Å²) in [6, 6.07) is 7.02. The molecule has 0 amide bonds. The van der Waals surface area contributed by atoms with Crippen LogP contribution in [0, 0.1) is 5.92 Å². The molecule has 152 valence electrons. The maximum atomic E-state index is 12.1. The fourth-order valence-corrected chi connectivity index (χ4v) is 4.89. The lowest BCUT2D eigenvalue weighted by molar-refractivity contribution is 0.224. The molecule has 0 radical (unpaired) electrons. The molecule has 2 heterocycles. The van der Waals surface area contributed by atoms with Gasteiger partial charge in [-0.2, -0.15) is 0 Å². The molecule has 2 aliphatic rings. The summed E-state index contributed by atoms with van der Waals surface area (Å²) in [5.41, 5.74) is 1.06. The molecule has 27 heavy (non-hydrogen) atoms. The number of anilines is 1. The number of rotatable bonds is 8. The van der Waals surface area contributed by atoms with Gasteiger partial charge in [-0.1, -0.05) is 0 Å². The molecule has 0 unspecified atom stereocenters. The highest BCUT2D eigenvalue weighted by Gasteiger charge is 2.20. The Morgan fingerprint density at radius 2 is 1.74 bits per heavy atom. The van der Waals surface area contributed by atoms with Gasteiger partial charge in [0.15, 0.2) is 0 Å². The highest BCUT2D eigenvalue weighted by Crippen LogP contribution is 2.21. The first-order chi connectivity index (χ1) is 13.1. The lowest BCUT2D eigenvalue weighted by Crippen LogP contribution is -2.47. The summed E-state index contributed by atoms with van der Waals surface area (Å²) in [6.07, 6.45) is 3.92. The average Bonchev–Trinajstić information content (AvgIpc) is 2.72. The molecule has 0 bridgehead atoms. The second-order valence-electron chi connectivity index (χ2n) is 7.43. The van der Waals surface area contributed by atoms with E-state index in [1.807, 2.05) is 12.1 Å². The van der Waals surface area contributed by atoms with Crippen molar-refractivity contribution in [3.63, 3.8) is 0 Å². The Bertz CT molecular complexity index is 667. The molecule has 8 heteroatoms. The van der Waals surface area contributed by atoms with Crippen LogP contribution in [0.4, 0.5) is 5.69 Å². The monoisotopic (exact) mass is 396 g/mol. The number of aliphatic hydroxyl groups is 1. The number of nitrogens with one attached hydrogen (secondary N) is 2. The summed E-state index contributed by atoms with van der Waals surface area (Å²) < 4.78 is 26.5. The molecule has 0 spiro atoms. The van der Waals surface area contributed by atoms with Gasteiger partial charge in [-0.05, 0) is 69.1 Å². The topological polar surface area (TPSA) is 84.9 Å². The van der Waals surface area contributed by atoms with E-state index in [2.05, 4.69) is 19.8 Å². The van der Waals surface area contributed by atoms with Crippen molar-refractivity contribution >= 4 is 15.7 Å². The van der Waals surface area contributed by atoms with Gasteiger partial charge in [0.1, 0.15) is 0 Å². The lowest BCUT2D eigenvalue weighted by atomic mass is 9.94. The molecule has 0 aromatic heterocycles. The number of aliphatic hydroxyl groups excluding tert-OH is 1. The summed E-state index contributed by atoms with van der Waals surface area (Å²) >= 11 is 0. The van der Waals surface area contributed by atoms with Crippen LogP contribution in [0.2, 0.25) is 0 Å². The van der Waals surface area contributed by atoms with Crippen LogP contribution in [0.25, 0.3) is 0 Å². The first kappa shape index (κ1) is 20.5. The molecule has 3 rings (SSSR count). The third-order valence-electron chi connectivity index (χ3n) is 5.60. The van der Waals surface area contributed by atoms with Gasteiger partial charge in [0, 0.05) is 38.4 Å². The highest BCUT2D eigenvalue weighted by molar-refractivity contribution is 7.89. The van der Waals surface area contributed by atoms with Crippen molar-refractivity contribution in [1.82, 2.24) is 14.9 Å². The molecule has 0 aliphatic carbocycles. The first-order valence-electron chi connectivity index (χ1n) is 9.97. The second-order valence-corrected chi connectivity index (χ2v) is 9.19. The zero-order chi connectivity index (χ0) is 19.1. The molecule has 0 atom stereocenters. The van der Waals surface area contributed by atoms with Crippen LogP contribution in [-0.2, 0) is 10.0 Å². The van der Waals surface area contributed by atoms with Crippen molar-refractivity contribution in [1.29, 1.82) is 0 Å². The number of sulfonamides is 1. The summed E-state index contributed by atoms with van der Waals surface area (Å²) in [5, 5.41) is 12.2. The van der Waals surface area contributed by atoms with Crippen LogP contribution in [0.1, 0.15) is 19.3 Å². The van der Waals surface area contributed by atoms with E-state index in [4.69, 9.17) is 5.11 Å². The second kappa shape index (κ2) is 9.84. The number of piperidine rings is 1. The van der Waals surface area contributed by atoms with E-state index in [1.54, 1.807) is 12.1 Å². The molecule has 1 aromatic rings. The van der Waals surface area contributed by atoms with E-state index >= 15 is 0 Å². The normalized spacial score (nSPS) is 20.1. The van der Waals surface area contributed by atoms with Crippen LogP contribution in [0.5, 0.6) is 0 Å². The van der Waals surface area contributed by atoms with Crippen LogP contribution in [0.15, 0.2) is 29.2 Å². The third kappa shape index (κ3) is 5.89. The maximum absolute atomic E-state index is 12.1. The Morgan fingerprint density at radius 1 is 1.07 bits per heavy atom. The fraction of sp³-hybridized carbons (Fsp3) is 0.684. The molecular formula is C19H32N4O3S. The van der Waals surface area contributed by atoms with Crippen LogP contribution < -0.4 is 14.9 Å². The van der Waals surface area contributed by atoms with Gasteiger partial charge in [0.25, 0.3) is 0 Å². The number of benzene rings is 1. The van der Waals surface area contributed by atoms with Crippen molar-refractivity contribution in [2.45, 2.75) is 24.2 Å². The minimum atomic E-state index is -3.54. The van der Waals surface area contributed by atoms with Crippen LogP contribution in [0.3, 0.4) is 0 Å². The van der Waals surface area contributed by atoms with E-state index in [0.29, 0.717) is 0 Å². The van der Waals surface area contributed by atoms with E-state index in [-0.39, 0.29) is 18.0 Å². The van der Waals surface area contributed by atoms with Gasteiger partial charge < -0.3 is 15.3 Å². The van der Waals surface area contributed by atoms with Crippen molar-refractivity contribution in [2.75, 3.05) is 63.9 Å². The summed E-state index contributed by atoms with van der Waals surface area (Å²) in [7, 11) is -3.54. The quantitative estimate of drug-likeness (QED) is 0.592. The Kier molecular flexibility index (Phi) is 7.49. The van der Waals surface area contributed by atoms with Crippen LogP contribution >= 0.6 is 0 Å². The molecule has 7 nitrogen and oxygen atoms in total. The molecule has 2 fully saturated rings. The highest BCUT2D eigenvalue weighted by atomic mass is 32.2. The third-order valence-corrected chi connectivity index (χ3v) is 7.08. The Labute approximate surface area is 162 Å². The minimum absolute atomic E-state index is 0.0312. The number of piperazine rings is 1. The van der Waals surface area contributed by atoms with Gasteiger partial charge >= 0.3 is 0 Å².